The molecule has 0 radical (unpaired) electrons. The van der Waals surface area contributed by atoms with E-state index in [-0.39, 0.29) is 5.91 Å². The molecule has 4 nitrogen and oxygen atoms in total. The van der Waals surface area contributed by atoms with E-state index in [0.717, 1.165) is 43.4 Å². The summed E-state index contributed by atoms with van der Waals surface area (Å²) in [4.78, 5) is 14.7. The molecule has 4 heteroatoms. The van der Waals surface area contributed by atoms with Crippen LogP contribution in [0.15, 0.2) is 24.3 Å². The number of nitrogens with zero attached hydrogens (tertiary/aromatic N) is 1. The molecule has 2 N–H and O–H groups in total. The monoisotopic (exact) mass is 274 g/mol. The van der Waals surface area contributed by atoms with Gasteiger partial charge >= 0.3 is 0 Å². The van der Waals surface area contributed by atoms with Crippen molar-refractivity contribution in [3.05, 3.63) is 29.8 Å². The fourth-order valence-electron chi connectivity index (χ4n) is 2.83. The summed E-state index contributed by atoms with van der Waals surface area (Å²) in [5.74, 6) is 0.961. The van der Waals surface area contributed by atoms with Crippen molar-refractivity contribution in [3.8, 4) is 5.75 Å². The molecular formula is C16H22N2O2. The van der Waals surface area contributed by atoms with Crippen LogP contribution < -0.4 is 10.5 Å². The predicted octanol–water partition coefficient (Wildman–Crippen LogP) is 2.07. The van der Waals surface area contributed by atoms with Crippen molar-refractivity contribution in [1.82, 2.24) is 4.90 Å². The van der Waals surface area contributed by atoms with Crippen LogP contribution in [0, 0.1) is 0 Å². The van der Waals surface area contributed by atoms with Crippen LogP contribution in [0.3, 0.4) is 0 Å². The van der Waals surface area contributed by atoms with E-state index in [4.69, 9.17) is 10.5 Å². The number of methoxy groups -OCH3 is 1. The minimum atomic E-state index is -0.607. The third kappa shape index (κ3) is 2.40. The molecule has 108 valence electrons. The molecule has 1 amide bonds. The normalized spacial score (nSPS) is 20.1. The first-order valence-corrected chi connectivity index (χ1v) is 7.36. The average molecular weight is 274 g/mol. The zero-order chi connectivity index (χ0) is 14.2. The van der Waals surface area contributed by atoms with E-state index in [1.807, 2.05) is 29.2 Å². The van der Waals surface area contributed by atoms with Crippen molar-refractivity contribution in [2.75, 3.05) is 7.11 Å². The molecule has 1 aromatic rings. The number of carbonyl (C=O) groups is 1. The van der Waals surface area contributed by atoms with Crippen LogP contribution in [0.25, 0.3) is 0 Å². The second-order valence-corrected chi connectivity index (χ2v) is 5.99. The standard InChI is InChI=1S/C16H22N2O2/c1-20-14-6-3-2-5-12(14)11-18(13-7-8-13)15(19)16(17)9-4-10-16/h2-3,5-6,13H,4,7-11,17H2,1H3. The largest absolute Gasteiger partial charge is 0.496 e. The minimum absolute atomic E-state index is 0.122. The van der Waals surface area contributed by atoms with Gasteiger partial charge in [-0.2, -0.15) is 0 Å². The number of benzene rings is 1. The molecule has 20 heavy (non-hydrogen) atoms. The van der Waals surface area contributed by atoms with Gasteiger partial charge in [0.05, 0.1) is 12.6 Å². The first kappa shape index (κ1) is 13.4. The van der Waals surface area contributed by atoms with Crippen LogP contribution in [0.4, 0.5) is 0 Å². The Morgan fingerprint density at radius 1 is 1.40 bits per heavy atom. The lowest BCUT2D eigenvalue weighted by molar-refractivity contribution is -0.141. The highest BCUT2D eigenvalue weighted by molar-refractivity contribution is 5.87. The highest BCUT2D eigenvalue weighted by atomic mass is 16.5. The molecule has 0 bridgehead atoms. The zero-order valence-electron chi connectivity index (χ0n) is 12.0. The van der Waals surface area contributed by atoms with E-state index < -0.39 is 5.54 Å². The van der Waals surface area contributed by atoms with Crippen LogP contribution >= 0.6 is 0 Å². The summed E-state index contributed by atoms with van der Waals surface area (Å²) >= 11 is 0. The molecule has 0 saturated heterocycles. The molecule has 0 spiro atoms. The maximum absolute atomic E-state index is 12.7. The molecular weight excluding hydrogens is 252 g/mol. The Morgan fingerprint density at radius 3 is 2.65 bits per heavy atom. The van der Waals surface area contributed by atoms with Crippen LogP contribution in [0.1, 0.15) is 37.7 Å². The van der Waals surface area contributed by atoms with Gasteiger partial charge in [0.1, 0.15) is 5.75 Å². The zero-order valence-corrected chi connectivity index (χ0v) is 12.0. The molecule has 0 unspecified atom stereocenters. The number of ether oxygens (including phenoxy) is 1. The van der Waals surface area contributed by atoms with E-state index in [1.165, 1.54) is 0 Å². The molecule has 0 heterocycles. The minimum Gasteiger partial charge on any atom is -0.496 e. The van der Waals surface area contributed by atoms with E-state index in [9.17, 15) is 4.79 Å². The number of carbonyl (C=O) groups excluding carboxylic acids is 1. The SMILES string of the molecule is COc1ccccc1CN(C(=O)C1(N)CCC1)C1CC1. The van der Waals surface area contributed by atoms with E-state index in [2.05, 4.69) is 0 Å². The quantitative estimate of drug-likeness (QED) is 0.894. The van der Waals surface area contributed by atoms with Gasteiger partial charge < -0.3 is 15.4 Å². The Labute approximate surface area is 119 Å². The Hall–Kier alpha value is -1.55. The Balaban J connectivity index is 1.79. The number of hydrogen-bond acceptors (Lipinski definition) is 3. The fourth-order valence-corrected chi connectivity index (χ4v) is 2.83. The summed E-state index contributed by atoms with van der Waals surface area (Å²) in [6, 6.07) is 8.25. The molecule has 1 aromatic carbocycles. The van der Waals surface area contributed by atoms with Gasteiger partial charge in [0.25, 0.3) is 0 Å². The van der Waals surface area contributed by atoms with Crippen molar-refractivity contribution in [3.63, 3.8) is 0 Å². The summed E-state index contributed by atoms with van der Waals surface area (Å²) in [7, 11) is 1.67. The van der Waals surface area contributed by atoms with Gasteiger partial charge in [0.2, 0.25) is 5.91 Å². The van der Waals surface area contributed by atoms with Crippen LogP contribution in [-0.2, 0) is 11.3 Å². The van der Waals surface area contributed by atoms with E-state index >= 15 is 0 Å². The van der Waals surface area contributed by atoms with Gasteiger partial charge in [0.15, 0.2) is 0 Å². The van der Waals surface area contributed by atoms with Crippen molar-refractivity contribution in [1.29, 1.82) is 0 Å². The first-order chi connectivity index (χ1) is 9.64. The second-order valence-electron chi connectivity index (χ2n) is 5.99. The Morgan fingerprint density at radius 2 is 2.10 bits per heavy atom. The fraction of sp³-hybridized carbons (Fsp3) is 0.562. The molecule has 2 fully saturated rings. The summed E-state index contributed by atoms with van der Waals surface area (Å²) in [6.45, 7) is 0.604. The van der Waals surface area contributed by atoms with Gasteiger partial charge in [-0.1, -0.05) is 18.2 Å². The van der Waals surface area contributed by atoms with Crippen LogP contribution in [-0.4, -0.2) is 29.5 Å². The molecule has 2 aliphatic rings. The predicted molar refractivity (Wildman–Crippen MR) is 77.3 cm³/mol. The molecule has 0 atom stereocenters. The maximum Gasteiger partial charge on any atom is 0.243 e. The molecule has 2 aliphatic carbocycles. The molecule has 2 saturated carbocycles. The van der Waals surface area contributed by atoms with Gasteiger partial charge in [-0.3, -0.25) is 4.79 Å². The van der Waals surface area contributed by atoms with Crippen LogP contribution in [0.2, 0.25) is 0 Å². The summed E-state index contributed by atoms with van der Waals surface area (Å²) < 4.78 is 5.38. The molecule has 3 rings (SSSR count). The van der Waals surface area contributed by atoms with Gasteiger partial charge in [-0.05, 0) is 38.2 Å². The van der Waals surface area contributed by atoms with Crippen LogP contribution in [0.5, 0.6) is 5.75 Å². The maximum atomic E-state index is 12.7. The van der Waals surface area contributed by atoms with Crippen molar-refractivity contribution < 1.29 is 9.53 Å². The Bertz CT molecular complexity index is 507. The lowest BCUT2D eigenvalue weighted by Gasteiger charge is -2.40. The first-order valence-electron chi connectivity index (χ1n) is 7.36. The molecule has 0 aromatic heterocycles. The third-order valence-corrected chi connectivity index (χ3v) is 4.45. The van der Waals surface area contributed by atoms with Crippen molar-refractivity contribution in [2.45, 2.75) is 50.2 Å². The van der Waals surface area contributed by atoms with Crippen molar-refractivity contribution >= 4 is 5.91 Å². The summed E-state index contributed by atoms with van der Waals surface area (Å²) in [5, 5.41) is 0. The number of nitrogens with two attached hydrogens (primary N) is 1. The third-order valence-electron chi connectivity index (χ3n) is 4.45. The Kier molecular flexibility index (Phi) is 3.42. The van der Waals surface area contributed by atoms with E-state index in [0.29, 0.717) is 12.6 Å². The topological polar surface area (TPSA) is 55.6 Å². The van der Waals surface area contributed by atoms with Gasteiger partial charge in [0, 0.05) is 18.2 Å². The lowest BCUT2D eigenvalue weighted by atomic mass is 9.76. The van der Waals surface area contributed by atoms with Gasteiger partial charge in [-0.25, -0.2) is 0 Å². The second kappa shape index (κ2) is 5.09. The molecule has 0 aliphatic heterocycles. The summed E-state index contributed by atoms with van der Waals surface area (Å²) in [6.07, 6.45) is 4.89. The van der Waals surface area contributed by atoms with Gasteiger partial charge in [-0.15, -0.1) is 0 Å². The van der Waals surface area contributed by atoms with Crippen molar-refractivity contribution in [2.24, 2.45) is 5.73 Å². The smallest absolute Gasteiger partial charge is 0.243 e. The van der Waals surface area contributed by atoms with E-state index in [1.54, 1.807) is 7.11 Å². The summed E-state index contributed by atoms with van der Waals surface area (Å²) in [5.41, 5.74) is 6.66. The average Bonchev–Trinajstić information content (AvgIpc) is 3.26. The number of rotatable bonds is 5. The number of para-hydroxylation sites is 1. The number of hydrogen-bond donors (Lipinski definition) is 1. The highest BCUT2D eigenvalue weighted by Crippen LogP contribution is 2.37. The highest BCUT2D eigenvalue weighted by Gasteiger charge is 2.46. The lowest BCUT2D eigenvalue weighted by Crippen LogP contribution is -2.59. The number of amides is 1.